The predicted octanol–water partition coefficient (Wildman–Crippen LogP) is -5.17. The molecule has 9 N–H and O–H groups in total. The molecule has 11 nitrogen and oxygen atoms in total. The first-order chi connectivity index (χ1) is 10.8. The molecule has 0 spiro atoms. The fourth-order valence-corrected chi connectivity index (χ4v) is 2.14. The molecule has 1 fully saturated rings. The van der Waals surface area contributed by atoms with Crippen molar-refractivity contribution in [2.75, 3.05) is 13.2 Å². The van der Waals surface area contributed by atoms with Crippen molar-refractivity contribution >= 4 is 18.7 Å². The second kappa shape index (κ2) is 10.5. The maximum Gasteiger partial charge on any atom is 0.187 e. The molecule has 0 aromatic heterocycles. The number of ether oxygens (including phenoxy) is 2. The van der Waals surface area contributed by atoms with Crippen LogP contribution in [-0.4, -0.2) is 110 Å². The minimum absolute atomic E-state index is 0. The zero-order valence-corrected chi connectivity index (χ0v) is 13.3. The second-order valence-electron chi connectivity index (χ2n) is 5.25. The summed E-state index contributed by atoms with van der Waals surface area (Å²) in [5.74, 6) is 0. The van der Waals surface area contributed by atoms with Crippen molar-refractivity contribution in [1.29, 1.82) is 0 Å². The molecular formula is C12H24ClNO10. The molecule has 0 radical (unpaired) electrons. The van der Waals surface area contributed by atoms with Gasteiger partial charge in [0.05, 0.1) is 19.3 Å². The van der Waals surface area contributed by atoms with Crippen LogP contribution in [0.4, 0.5) is 0 Å². The van der Waals surface area contributed by atoms with E-state index in [9.17, 15) is 30.3 Å². The Hall–Kier alpha value is -0.440. The standard InChI is InChI=1S/C12H23NO10.ClH/c13-4(1-14)11(7(18)5(17)2-15)23-12-10(21)9(20)8(19)6(3-16)22-12;/h1,4-12,15-21H,2-3,13H2;1H/t4-,5+,6+,7+,8+,9-,10+,11+,12?;/m0./s1. The van der Waals surface area contributed by atoms with Gasteiger partial charge in [0.15, 0.2) is 6.29 Å². The van der Waals surface area contributed by atoms with Gasteiger partial charge in [-0.05, 0) is 0 Å². The lowest BCUT2D eigenvalue weighted by atomic mass is 9.98. The molecule has 1 rings (SSSR count). The van der Waals surface area contributed by atoms with Gasteiger partial charge in [0, 0.05) is 0 Å². The van der Waals surface area contributed by atoms with Crippen LogP contribution in [0.2, 0.25) is 0 Å². The summed E-state index contributed by atoms with van der Waals surface area (Å²) >= 11 is 0. The molecule has 0 amide bonds. The van der Waals surface area contributed by atoms with E-state index in [4.69, 9.17) is 25.4 Å². The van der Waals surface area contributed by atoms with E-state index in [0.29, 0.717) is 0 Å². The second-order valence-corrected chi connectivity index (χ2v) is 5.25. The fourth-order valence-electron chi connectivity index (χ4n) is 2.14. The van der Waals surface area contributed by atoms with Crippen molar-refractivity contribution < 1.29 is 50.0 Å². The number of carbonyl (C=O) groups excluding carboxylic acids is 1. The molecule has 0 aromatic rings. The first-order valence-electron chi connectivity index (χ1n) is 6.92. The summed E-state index contributed by atoms with van der Waals surface area (Å²) in [6.45, 7) is -1.54. The van der Waals surface area contributed by atoms with Crippen molar-refractivity contribution in [2.24, 2.45) is 5.73 Å². The number of nitrogens with two attached hydrogens (primary N) is 1. The topological polar surface area (TPSA) is 203 Å². The normalized spacial score (nSPS) is 35.4. The summed E-state index contributed by atoms with van der Waals surface area (Å²) in [5, 5.41) is 66.4. The smallest absolute Gasteiger partial charge is 0.187 e. The van der Waals surface area contributed by atoms with Gasteiger partial charge in [-0.1, -0.05) is 0 Å². The lowest BCUT2D eigenvalue weighted by Gasteiger charge is -2.42. The highest BCUT2D eigenvalue weighted by atomic mass is 35.5. The van der Waals surface area contributed by atoms with Crippen LogP contribution >= 0.6 is 12.4 Å². The average Bonchev–Trinajstić information content (AvgIpc) is 2.57. The number of halogens is 1. The first-order valence-corrected chi connectivity index (χ1v) is 6.92. The summed E-state index contributed by atoms with van der Waals surface area (Å²) in [7, 11) is 0. The van der Waals surface area contributed by atoms with Gasteiger partial charge in [0.1, 0.15) is 49.0 Å². The summed E-state index contributed by atoms with van der Waals surface area (Å²) in [4.78, 5) is 10.8. The molecule has 1 aliphatic rings. The van der Waals surface area contributed by atoms with Crippen LogP contribution in [0.15, 0.2) is 0 Å². The highest BCUT2D eigenvalue weighted by molar-refractivity contribution is 5.85. The Morgan fingerprint density at radius 3 is 2.17 bits per heavy atom. The van der Waals surface area contributed by atoms with E-state index in [0.717, 1.165) is 0 Å². The van der Waals surface area contributed by atoms with Crippen LogP contribution in [0.25, 0.3) is 0 Å². The van der Waals surface area contributed by atoms with Gasteiger partial charge >= 0.3 is 0 Å². The highest BCUT2D eigenvalue weighted by Gasteiger charge is 2.46. The van der Waals surface area contributed by atoms with Gasteiger partial charge < -0.3 is 55.7 Å². The lowest BCUT2D eigenvalue weighted by molar-refractivity contribution is -0.320. The van der Waals surface area contributed by atoms with E-state index in [2.05, 4.69) is 0 Å². The SMILES string of the molecule is Cl.N[C@@H](C=O)[C@@H](OC1O[C@H](CO)[C@@H](O)[C@H](O)[C@H]1O)[C@H](O)[C@H](O)CO. The van der Waals surface area contributed by atoms with E-state index in [-0.39, 0.29) is 18.7 Å². The third kappa shape index (κ3) is 5.28. The van der Waals surface area contributed by atoms with E-state index in [1.54, 1.807) is 0 Å². The molecule has 12 heteroatoms. The maximum atomic E-state index is 10.8. The quantitative estimate of drug-likeness (QED) is 0.188. The number of aldehydes is 1. The van der Waals surface area contributed by atoms with Gasteiger partial charge in [-0.25, -0.2) is 0 Å². The van der Waals surface area contributed by atoms with Crippen molar-refractivity contribution in [3.05, 3.63) is 0 Å². The Balaban J connectivity index is 0.00000529. The molecular weight excluding hydrogens is 354 g/mol. The number of aliphatic hydroxyl groups is 7. The third-order valence-corrected chi connectivity index (χ3v) is 3.59. The van der Waals surface area contributed by atoms with Crippen LogP contribution in [0, 0.1) is 0 Å². The molecule has 24 heavy (non-hydrogen) atoms. The van der Waals surface area contributed by atoms with Gasteiger partial charge in [-0.15, -0.1) is 12.4 Å². The zero-order valence-electron chi connectivity index (χ0n) is 12.5. The molecule has 1 saturated heterocycles. The van der Waals surface area contributed by atoms with Crippen molar-refractivity contribution in [1.82, 2.24) is 0 Å². The van der Waals surface area contributed by atoms with E-state index in [1.165, 1.54) is 0 Å². The number of hydrogen-bond acceptors (Lipinski definition) is 11. The number of carbonyl (C=O) groups is 1. The molecule has 0 bridgehead atoms. The maximum absolute atomic E-state index is 10.8. The predicted molar refractivity (Wildman–Crippen MR) is 79.0 cm³/mol. The monoisotopic (exact) mass is 377 g/mol. The average molecular weight is 378 g/mol. The number of aliphatic hydroxyl groups excluding tert-OH is 7. The number of rotatable bonds is 8. The molecule has 144 valence electrons. The minimum Gasteiger partial charge on any atom is -0.394 e. The molecule has 1 heterocycles. The zero-order chi connectivity index (χ0) is 17.7. The summed E-state index contributed by atoms with van der Waals surface area (Å²) in [5.41, 5.74) is 5.46. The molecule has 9 atom stereocenters. The van der Waals surface area contributed by atoms with Gasteiger partial charge in [-0.2, -0.15) is 0 Å². The van der Waals surface area contributed by atoms with Crippen LogP contribution in [0.3, 0.4) is 0 Å². The minimum atomic E-state index is -1.80. The highest BCUT2D eigenvalue weighted by Crippen LogP contribution is 2.24. The Bertz CT molecular complexity index is 376. The number of hydrogen-bond donors (Lipinski definition) is 8. The molecule has 1 unspecified atom stereocenters. The van der Waals surface area contributed by atoms with Crippen molar-refractivity contribution in [3.8, 4) is 0 Å². The first kappa shape index (κ1) is 23.6. The van der Waals surface area contributed by atoms with Gasteiger partial charge in [0.25, 0.3) is 0 Å². The Morgan fingerprint density at radius 2 is 1.71 bits per heavy atom. The summed E-state index contributed by atoms with van der Waals surface area (Å²) < 4.78 is 10.2. The molecule has 0 saturated carbocycles. The lowest BCUT2D eigenvalue weighted by Crippen LogP contribution is -2.62. The Labute approximate surface area is 143 Å². The molecule has 0 aromatic carbocycles. The van der Waals surface area contributed by atoms with Crippen LogP contribution in [0.5, 0.6) is 0 Å². The van der Waals surface area contributed by atoms with Crippen LogP contribution < -0.4 is 5.73 Å². The Kier molecular flexibility index (Phi) is 10.3. The van der Waals surface area contributed by atoms with E-state index >= 15 is 0 Å². The Morgan fingerprint density at radius 1 is 1.12 bits per heavy atom. The van der Waals surface area contributed by atoms with Gasteiger partial charge in [-0.3, -0.25) is 0 Å². The summed E-state index contributed by atoms with van der Waals surface area (Å²) in [6, 6.07) is -1.45. The third-order valence-electron chi connectivity index (χ3n) is 3.59. The van der Waals surface area contributed by atoms with E-state index in [1.807, 2.05) is 0 Å². The van der Waals surface area contributed by atoms with E-state index < -0.39 is 68.3 Å². The van der Waals surface area contributed by atoms with Crippen molar-refractivity contribution in [2.45, 2.75) is 55.1 Å². The van der Waals surface area contributed by atoms with Crippen LogP contribution in [-0.2, 0) is 14.3 Å². The molecule has 0 aliphatic carbocycles. The van der Waals surface area contributed by atoms with Crippen LogP contribution in [0.1, 0.15) is 0 Å². The van der Waals surface area contributed by atoms with Gasteiger partial charge in [0.2, 0.25) is 0 Å². The molecule has 1 aliphatic heterocycles. The largest absolute Gasteiger partial charge is 0.394 e. The van der Waals surface area contributed by atoms with Crippen molar-refractivity contribution in [3.63, 3.8) is 0 Å². The fraction of sp³-hybridized carbons (Fsp3) is 0.917. The summed E-state index contributed by atoms with van der Waals surface area (Å²) in [6.07, 6.45) is -12.9.